The summed E-state index contributed by atoms with van der Waals surface area (Å²) in [5.74, 6) is -0.115. The maximum Gasteiger partial charge on any atom is 0.225 e. The van der Waals surface area contributed by atoms with Crippen LogP contribution in [0, 0.1) is 34.5 Å². The molecule has 27 heavy (non-hydrogen) atoms. The van der Waals surface area contributed by atoms with Gasteiger partial charge in [-0.2, -0.15) is 5.26 Å². The van der Waals surface area contributed by atoms with Gasteiger partial charge < -0.3 is 15.7 Å². The van der Waals surface area contributed by atoms with Crippen molar-refractivity contribution in [3.63, 3.8) is 0 Å². The van der Waals surface area contributed by atoms with Gasteiger partial charge in [-0.05, 0) is 36.5 Å². The highest BCUT2D eigenvalue weighted by Gasteiger charge is 2.53. The fourth-order valence-corrected chi connectivity index (χ4v) is 6.56. The number of aliphatic hydroxyl groups is 1. The van der Waals surface area contributed by atoms with E-state index in [0.717, 1.165) is 25.0 Å². The van der Waals surface area contributed by atoms with E-state index in [2.05, 4.69) is 24.9 Å². The van der Waals surface area contributed by atoms with Gasteiger partial charge in [-0.1, -0.05) is 20.8 Å². The summed E-state index contributed by atoms with van der Waals surface area (Å²) in [5, 5.41) is 20.7. The van der Waals surface area contributed by atoms with Crippen LogP contribution in [-0.2, 0) is 11.2 Å². The lowest BCUT2D eigenvalue weighted by molar-refractivity contribution is -0.143. The average molecular weight is 391 g/mol. The van der Waals surface area contributed by atoms with E-state index in [1.165, 1.54) is 4.88 Å². The Balaban J connectivity index is 1.81. The molecule has 6 atom stereocenters. The first-order chi connectivity index (χ1) is 12.7. The molecule has 0 unspecified atom stereocenters. The third kappa shape index (κ3) is 3.45. The van der Waals surface area contributed by atoms with E-state index >= 15 is 0 Å². The van der Waals surface area contributed by atoms with Gasteiger partial charge in [-0.15, -0.1) is 11.3 Å². The van der Waals surface area contributed by atoms with Gasteiger partial charge >= 0.3 is 0 Å². The summed E-state index contributed by atoms with van der Waals surface area (Å²) in [6, 6.07) is 2.08. The van der Waals surface area contributed by atoms with E-state index in [1.54, 1.807) is 23.3 Å². The Kier molecular flexibility index (Phi) is 5.51. The SMILES string of the molecule is C[C@H](C(=O)N(C)CCC#N)[C@@H]1CC[C@]2(C)Cc3sc(N)nc3[C@@H](C)[C@@H]2[C@H]1O. The first-order valence-corrected chi connectivity index (χ1v) is 10.6. The van der Waals surface area contributed by atoms with Gasteiger partial charge in [0.05, 0.1) is 24.3 Å². The van der Waals surface area contributed by atoms with Crippen molar-refractivity contribution in [1.82, 2.24) is 9.88 Å². The Hall–Kier alpha value is -1.65. The number of thiazole rings is 1. The van der Waals surface area contributed by atoms with E-state index in [-0.39, 0.29) is 35.0 Å². The number of rotatable bonds is 4. The van der Waals surface area contributed by atoms with Gasteiger partial charge in [0.25, 0.3) is 0 Å². The molecule has 0 aromatic carbocycles. The maximum absolute atomic E-state index is 12.8. The van der Waals surface area contributed by atoms with Gasteiger partial charge in [0.15, 0.2) is 5.13 Å². The van der Waals surface area contributed by atoms with Crippen LogP contribution < -0.4 is 5.73 Å². The summed E-state index contributed by atoms with van der Waals surface area (Å²) in [6.07, 6.45) is 2.51. The van der Waals surface area contributed by atoms with Crippen LogP contribution in [0.25, 0.3) is 0 Å². The zero-order valence-corrected chi connectivity index (χ0v) is 17.4. The first-order valence-electron chi connectivity index (χ1n) is 9.74. The zero-order valence-electron chi connectivity index (χ0n) is 16.6. The van der Waals surface area contributed by atoms with E-state index < -0.39 is 6.10 Å². The molecule has 0 radical (unpaired) electrons. The molecule has 6 nitrogen and oxygen atoms in total. The Bertz CT molecular complexity index is 758. The molecule has 3 N–H and O–H groups in total. The standard InChI is InChI=1S/C20H30N4O2S/c1-11(18(26)24(4)9-5-8-21)13-6-7-20(3)10-14-16(23-19(22)27-14)12(2)15(20)17(13)25/h11-13,15,17,25H,5-7,9-10H2,1-4H3,(H2,22,23)/t11-,12-,13-,15+,17-,20+/m0/s1. The monoisotopic (exact) mass is 390 g/mol. The quantitative estimate of drug-likeness (QED) is 0.823. The molecule has 0 aliphatic heterocycles. The molecule has 1 aromatic rings. The van der Waals surface area contributed by atoms with Crippen molar-refractivity contribution in [1.29, 1.82) is 5.26 Å². The fraction of sp³-hybridized carbons (Fsp3) is 0.750. The summed E-state index contributed by atoms with van der Waals surface area (Å²) in [4.78, 5) is 20.2. The second-order valence-corrected chi connectivity index (χ2v) is 9.77. The van der Waals surface area contributed by atoms with Crippen LogP contribution in [0.4, 0.5) is 5.13 Å². The van der Waals surface area contributed by atoms with E-state index in [0.29, 0.717) is 18.1 Å². The summed E-state index contributed by atoms with van der Waals surface area (Å²) >= 11 is 1.57. The molecular formula is C20H30N4O2S. The molecule has 1 heterocycles. The van der Waals surface area contributed by atoms with Gasteiger partial charge in [0, 0.05) is 30.3 Å². The highest BCUT2D eigenvalue weighted by molar-refractivity contribution is 7.15. The van der Waals surface area contributed by atoms with Crippen LogP contribution in [0.2, 0.25) is 0 Å². The number of carbonyl (C=O) groups excluding carboxylic acids is 1. The number of hydrogen-bond acceptors (Lipinski definition) is 6. The Morgan fingerprint density at radius 3 is 2.96 bits per heavy atom. The Labute approximate surface area is 165 Å². The molecule has 7 heteroatoms. The molecule has 1 aromatic heterocycles. The third-order valence-corrected chi connectivity index (χ3v) is 7.81. The topological polar surface area (TPSA) is 103 Å². The van der Waals surface area contributed by atoms with Crippen LogP contribution in [-0.4, -0.2) is 40.6 Å². The molecular weight excluding hydrogens is 360 g/mol. The van der Waals surface area contributed by atoms with Crippen LogP contribution in [0.5, 0.6) is 0 Å². The molecule has 2 aliphatic carbocycles. The number of hydrogen-bond donors (Lipinski definition) is 2. The summed E-state index contributed by atoms with van der Waals surface area (Å²) in [5.41, 5.74) is 6.99. The van der Waals surface area contributed by atoms with Crippen LogP contribution in [0.15, 0.2) is 0 Å². The van der Waals surface area contributed by atoms with Crippen molar-refractivity contribution in [2.45, 2.75) is 58.5 Å². The molecule has 2 aliphatic rings. The lowest BCUT2D eigenvalue weighted by Gasteiger charge is -2.53. The maximum atomic E-state index is 12.8. The predicted octanol–water partition coefficient (Wildman–Crippen LogP) is 2.79. The normalized spacial score (nSPS) is 33.5. The lowest BCUT2D eigenvalue weighted by atomic mass is 9.53. The molecule has 148 valence electrons. The molecule has 3 rings (SSSR count). The number of nitrogens with two attached hydrogens (primary N) is 1. The summed E-state index contributed by atoms with van der Waals surface area (Å²) in [7, 11) is 1.74. The van der Waals surface area contributed by atoms with Gasteiger partial charge in [0.2, 0.25) is 5.91 Å². The number of aromatic nitrogens is 1. The smallest absolute Gasteiger partial charge is 0.225 e. The van der Waals surface area contributed by atoms with Crippen LogP contribution >= 0.6 is 11.3 Å². The van der Waals surface area contributed by atoms with Gasteiger partial charge in [-0.25, -0.2) is 4.98 Å². The highest BCUT2D eigenvalue weighted by Crippen LogP contribution is 2.57. The second kappa shape index (κ2) is 7.40. The van der Waals surface area contributed by atoms with Crippen molar-refractivity contribution in [3.8, 4) is 6.07 Å². The molecule has 1 fully saturated rings. The van der Waals surface area contributed by atoms with Crippen molar-refractivity contribution in [2.24, 2.45) is 23.2 Å². The number of nitrogen functional groups attached to an aromatic ring is 1. The number of nitriles is 1. The average Bonchev–Trinajstić information content (AvgIpc) is 2.98. The number of aliphatic hydroxyl groups excluding tert-OH is 1. The molecule has 1 amide bonds. The van der Waals surface area contributed by atoms with Gasteiger partial charge in [-0.3, -0.25) is 4.79 Å². The summed E-state index contributed by atoms with van der Waals surface area (Å²) < 4.78 is 0. The minimum Gasteiger partial charge on any atom is -0.392 e. The highest BCUT2D eigenvalue weighted by atomic mass is 32.1. The van der Waals surface area contributed by atoms with Crippen molar-refractivity contribution in [3.05, 3.63) is 10.6 Å². The Morgan fingerprint density at radius 1 is 1.59 bits per heavy atom. The van der Waals surface area contributed by atoms with Crippen molar-refractivity contribution < 1.29 is 9.90 Å². The third-order valence-electron chi connectivity index (χ3n) is 6.91. The fourth-order valence-electron chi connectivity index (χ4n) is 5.42. The molecule has 0 bridgehead atoms. The first kappa shape index (κ1) is 20.1. The Morgan fingerprint density at radius 2 is 2.30 bits per heavy atom. The number of amides is 1. The molecule has 1 saturated carbocycles. The zero-order chi connectivity index (χ0) is 19.9. The molecule has 0 spiro atoms. The second-order valence-electron chi connectivity index (χ2n) is 8.66. The number of fused-ring (bicyclic) bond motifs is 2. The number of nitrogens with zero attached hydrogens (tertiary/aromatic N) is 3. The van der Waals surface area contributed by atoms with Crippen LogP contribution in [0.3, 0.4) is 0 Å². The van der Waals surface area contributed by atoms with Crippen molar-refractivity contribution in [2.75, 3.05) is 19.3 Å². The van der Waals surface area contributed by atoms with Gasteiger partial charge in [0.1, 0.15) is 0 Å². The largest absolute Gasteiger partial charge is 0.392 e. The summed E-state index contributed by atoms with van der Waals surface area (Å²) in [6.45, 7) is 6.75. The van der Waals surface area contributed by atoms with E-state index in [1.807, 2.05) is 6.92 Å². The number of carbonyl (C=O) groups is 1. The van der Waals surface area contributed by atoms with Crippen LogP contribution in [0.1, 0.15) is 56.5 Å². The van der Waals surface area contributed by atoms with E-state index in [9.17, 15) is 9.90 Å². The lowest BCUT2D eigenvalue weighted by Crippen LogP contribution is -2.53. The van der Waals surface area contributed by atoms with E-state index in [4.69, 9.17) is 11.0 Å². The van der Waals surface area contributed by atoms with Crippen molar-refractivity contribution >= 4 is 22.4 Å². The molecule has 0 saturated heterocycles. The predicted molar refractivity (Wildman–Crippen MR) is 106 cm³/mol. The minimum atomic E-state index is -0.543. The minimum absolute atomic E-state index is 0.0107. The number of anilines is 1.